The van der Waals surface area contributed by atoms with Crippen molar-refractivity contribution in [2.75, 3.05) is 19.0 Å². The zero-order chi connectivity index (χ0) is 24.4. The van der Waals surface area contributed by atoms with E-state index >= 15 is 0 Å². The van der Waals surface area contributed by atoms with Crippen LogP contribution in [0.15, 0.2) is 65.5 Å². The van der Waals surface area contributed by atoms with Crippen molar-refractivity contribution in [1.82, 2.24) is 25.5 Å². The summed E-state index contributed by atoms with van der Waals surface area (Å²) in [6.45, 7) is 2.37. The second-order valence-corrected chi connectivity index (χ2v) is 8.06. The van der Waals surface area contributed by atoms with Crippen molar-refractivity contribution < 1.29 is 9.53 Å². The number of nitrogens with zero attached hydrogens (tertiary/aromatic N) is 2. The lowest BCUT2D eigenvalue weighted by Gasteiger charge is -2.12. The van der Waals surface area contributed by atoms with Crippen molar-refractivity contribution in [2.45, 2.75) is 13.3 Å². The molecule has 5 rings (SSSR count). The molecule has 5 aromatic rings. The van der Waals surface area contributed by atoms with Crippen molar-refractivity contribution in [3.63, 3.8) is 0 Å². The molecule has 0 radical (unpaired) electrons. The number of imidazole rings is 1. The van der Waals surface area contributed by atoms with E-state index in [4.69, 9.17) is 4.74 Å². The van der Waals surface area contributed by atoms with E-state index < -0.39 is 0 Å². The molecule has 0 aliphatic rings. The number of hydrogen-bond acceptors (Lipinski definition) is 5. The molecule has 2 amide bonds. The molecule has 9 heteroatoms. The van der Waals surface area contributed by atoms with Gasteiger partial charge < -0.3 is 15.0 Å². The fraction of sp³-hybridized carbons (Fsp3) is 0.154. The molecule has 35 heavy (non-hydrogen) atoms. The predicted octanol–water partition coefficient (Wildman–Crippen LogP) is 4.21. The third-order valence-corrected chi connectivity index (χ3v) is 5.77. The Bertz CT molecular complexity index is 1600. The summed E-state index contributed by atoms with van der Waals surface area (Å²) in [4.78, 5) is 31.6. The quantitative estimate of drug-likeness (QED) is 0.297. The molecular weight excluding hydrogens is 444 g/mol. The van der Waals surface area contributed by atoms with Gasteiger partial charge in [0.1, 0.15) is 5.75 Å². The number of aromatic nitrogens is 4. The van der Waals surface area contributed by atoms with Crippen LogP contribution in [0.3, 0.4) is 0 Å². The molecule has 9 nitrogen and oxygen atoms in total. The summed E-state index contributed by atoms with van der Waals surface area (Å²) < 4.78 is 5.63. The van der Waals surface area contributed by atoms with Crippen LogP contribution >= 0.6 is 0 Å². The van der Waals surface area contributed by atoms with Gasteiger partial charge in [-0.1, -0.05) is 30.3 Å². The summed E-state index contributed by atoms with van der Waals surface area (Å²) in [5.74, 6) is 1.10. The first-order valence-corrected chi connectivity index (χ1v) is 11.2. The molecule has 4 N–H and O–H groups in total. The van der Waals surface area contributed by atoms with E-state index in [0.29, 0.717) is 24.3 Å². The topological polar surface area (TPSA) is 125 Å². The number of fused-ring (bicyclic) bond motifs is 2. The fourth-order valence-electron chi connectivity index (χ4n) is 4.14. The highest BCUT2D eigenvalue weighted by atomic mass is 16.5. The van der Waals surface area contributed by atoms with Crippen molar-refractivity contribution in [3.8, 4) is 16.9 Å². The van der Waals surface area contributed by atoms with E-state index in [0.717, 1.165) is 44.6 Å². The van der Waals surface area contributed by atoms with Crippen molar-refractivity contribution in [2.24, 2.45) is 0 Å². The minimum atomic E-state index is -0.315. The lowest BCUT2D eigenvalue weighted by Crippen LogP contribution is -2.28. The Morgan fingerprint density at radius 3 is 2.69 bits per heavy atom. The van der Waals surface area contributed by atoms with Crippen molar-refractivity contribution in [3.05, 3.63) is 82.3 Å². The number of rotatable bonds is 6. The molecule has 0 unspecified atom stereocenters. The number of amides is 2. The summed E-state index contributed by atoms with van der Waals surface area (Å²) >= 11 is 0. The summed E-state index contributed by atoms with van der Waals surface area (Å²) in [6, 6.07) is 19.0. The van der Waals surface area contributed by atoms with E-state index in [-0.39, 0.29) is 11.6 Å². The summed E-state index contributed by atoms with van der Waals surface area (Å²) in [6.07, 6.45) is 0.541. The number of ether oxygens (including phenoxy) is 1. The second kappa shape index (κ2) is 9.30. The first-order valence-electron chi connectivity index (χ1n) is 11.2. The first kappa shape index (κ1) is 22.1. The second-order valence-electron chi connectivity index (χ2n) is 8.06. The maximum atomic E-state index is 12.1. The molecule has 2 heterocycles. The first-order chi connectivity index (χ1) is 17.1. The average Bonchev–Trinajstić information content (AvgIpc) is 3.27. The molecule has 0 saturated heterocycles. The average molecular weight is 469 g/mol. The van der Waals surface area contributed by atoms with Crippen LogP contribution in [0.5, 0.6) is 5.75 Å². The third-order valence-electron chi connectivity index (χ3n) is 5.77. The van der Waals surface area contributed by atoms with Gasteiger partial charge in [-0.15, -0.1) is 0 Å². The summed E-state index contributed by atoms with van der Waals surface area (Å²) in [5.41, 5.74) is 4.96. The molecule has 176 valence electrons. The highest BCUT2D eigenvalue weighted by molar-refractivity contribution is 5.91. The van der Waals surface area contributed by atoms with Crippen LogP contribution in [0, 0.1) is 0 Å². The SMILES string of the molecule is CCNC(=O)Nc1nc2cc(-c3cc(Cc4n[nH]c(=O)c5ccccc45)ccc3OC)ccc2[nH]1. The number of hydrogen-bond donors (Lipinski definition) is 4. The van der Waals surface area contributed by atoms with Crippen LogP contribution < -0.4 is 20.9 Å². The molecule has 0 fully saturated rings. The Morgan fingerprint density at radius 2 is 1.89 bits per heavy atom. The normalized spacial score (nSPS) is 11.0. The van der Waals surface area contributed by atoms with Gasteiger partial charge in [0.15, 0.2) is 0 Å². The largest absolute Gasteiger partial charge is 0.496 e. The summed E-state index contributed by atoms with van der Waals surface area (Å²) in [7, 11) is 1.64. The van der Waals surface area contributed by atoms with Crippen LogP contribution in [-0.2, 0) is 6.42 Å². The van der Waals surface area contributed by atoms with Crippen LogP contribution in [-0.4, -0.2) is 39.9 Å². The Hall–Kier alpha value is -4.66. The minimum Gasteiger partial charge on any atom is -0.496 e. The lowest BCUT2D eigenvalue weighted by atomic mass is 9.98. The molecule has 0 aliphatic carbocycles. The maximum absolute atomic E-state index is 12.1. The Morgan fingerprint density at radius 1 is 1.06 bits per heavy atom. The smallest absolute Gasteiger partial charge is 0.321 e. The van der Waals surface area contributed by atoms with Crippen LogP contribution in [0.25, 0.3) is 32.9 Å². The maximum Gasteiger partial charge on any atom is 0.321 e. The fourth-order valence-corrected chi connectivity index (χ4v) is 4.14. The zero-order valence-corrected chi connectivity index (χ0v) is 19.3. The van der Waals surface area contributed by atoms with E-state index in [1.165, 1.54) is 0 Å². The zero-order valence-electron chi connectivity index (χ0n) is 19.3. The van der Waals surface area contributed by atoms with Gasteiger partial charge in [0, 0.05) is 23.9 Å². The van der Waals surface area contributed by atoms with E-state index in [9.17, 15) is 9.59 Å². The molecular formula is C26H24N6O3. The molecule has 0 saturated carbocycles. The summed E-state index contributed by atoms with van der Waals surface area (Å²) in [5, 5.41) is 13.7. The number of methoxy groups -OCH3 is 1. The van der Waals surface area contributed by atoms with Gasteiger partial charge in [-0.3, -0.25) is 10.1 Å². The van der Waals surface area contributed by atoms with Gasteiger partial charge in [-0.25, -0.2) is 14.9 Å². The van der Waals surface area contributed by atoms with Crippen LogP contribution in [0.1, 0.15) is 18.2 Å². The minimum absolute atomic E-state index is 0.201. The van der Waals surface area contributed by atoms with Gasteiger partial charge in [0.25, 0.3) is 5.56 Å². The van der Waals surface area contributed by atoms with Crippen LogP contribution in [0.4, 0.5) is 10.7 Å². The molecule has 0 spiro atoms. The number of urea groups is 1. The van der Waals surface area contributed by atoms with Crippen molar-refractivity contribution >= 4 is 33.8 Å². The molecule has 3 aromatic carbocycles. The Kier molecular flexibility index (Phi) is 5.88. The van der Waals surface area contributed by atoms with Crippen LogP contribution in [0.2, 0.25) is 0 Å². The third kappa shape index (κ3) is 4.43. The predicted molar refractivity (Wildman–Crippen MR) is 136 cm³/mol. The number of anilines is 1. The number of carbonyl (C=O) groups excluding carboxylic acids is 1. The van der Waals surface area contributed by atoms with Gasteiger partial charge in [0.05, 0.1) is 29.2 Å². The molecule has 0 aliphatic heterocycles. The van der Waals surface area contributed by atoms with Gasteiger partial charge in [0.2, 0.25) is 5.95 Å². The van der Waals surface area contributed by atoms with E-state index in [2.05, 4.69) is 36.9 Å². The Labute approximate surface area is 200 Å². The number of H-pyrrole nitrogens is 2. The highest BCUT2D eigenvalue weighted by Gasteiger charge is 2.13. The van der Waals surface area contributed by atoms with Gasteiger partial charge in [-0.05, 0) is 48.4 Å². The van der Waals surface area contributed by atoms with E-state index in [1.807, 2.05) is 55.5 Å². The number of aromatic amines is 2. The molecule has 0 bridgehead atoms. The Balaban J connectivity index is 1.50. The van der Waals surface area contributed by atoms with Crippen molar-refractivity contribution in [1.29, 1.82) is 0 Å². The lowest BCUT2D eigenvalue weighted by molar-refractivity contribution is 0.252. The monoisotopic (exact) mass is 468 g/mol. The molecule has 0 atom stereocenters. The van der Waals surface area contributed by atoms with E-state index in [1.54, 1.807) is 13.2 Å². The van der Waals surface area contributed by atoms with Gasteiger partial charge in [-0.2, -0.15) is 5.10 Å². The highest BCUT2D eigenvalue weighted by Crippen LogP contribution is 2.33. The molecule has 2 aromatic heterocycles. The number of benzene rings is 3. The number of nitrogens with one attached hydrogen (secondary N) is 4. The van der Waals surface area contributed by atoms with Gasteiger partial charge >= 0.3 is 6.03 Å². The number of carbonyl (C=O) groups is 1. The standard InChI is InChI=1S/C26H24N6O3/c1-3-27-26(34)30-25-28-20-10-9-16(14-22(20)29-25)19-12-15(8-11-23(19)35-2)13-21-17-6-4-5-7-18(17)24(33)32-31-21/h4-12,14H,3,13H2,1-2H3,(H,32,33)(H3,27,28,29,30,34).